The minimum atomic E-state index is -0.359. The summed E-state index contributed by atoms with van der Waals surface area (Å²) in [6.45, 7) is 1.46. The van der Waals surface area contributed by atoms with E-state index in [0.29, 0.717) is 36.6 Å². The highest BCUT2D eigenvalue weighted by Gasteiger charge is 2.25. The van der Waals surface area contributed by atoms with Crippen LogP contribution in [0.4, 0.5) is 11.4 Å². The van der Waals surface area contributed by atoms with E-state index < -0.39 is 0 Å². The quantitative estimate of drug-likeness (QED) is 0.642. The predicted octanol–water partition coefficient (Wildman–Crippen LogP) is 2.39. The maximum Gasteiger partial charge on any atom is 0.274 e. The largest absolute Gasteiger partial charge is 0.454 e. The zero-order valence-electron chi connectivity index (χ0n) is 14.6. The van der Waals surface area contributed by atoms with Crippen molar-refractivity contribution in [3.05, 3.63) is 57.6 Å². The van der Waals surface area contributed by atoms with Crippen molar-refractivity contribution in [3.8, 4) is 11.5 Å². The van der Waals surface area contributed by atoms with E-state index in [1.54, 1.807) is 6.07 Å². The van der Waals surface area contributed by atoms with Crippen molar-refractivity contribution in [1.82, 2.24) is 5.32 Å². The summed E-state index contributed by atoms with van der Waals surface area (Å²) in [4.78, 5) is 25.2. The third-order valence-corrected chi connectivity index (χ3v) is 4.78. The summed E-state index contributed by atoms with van der Waals surface area (Å²) in [5.41, 5.74) is 2.52. The van der Waals surface area contributed by atoms with Crippen LogP contribution in [0.2, 0.25) is 0 Å². The Hall–Kier alpha value is -3.29. The molecule has 2 aromatic carbocycles. The first-order valence-corrected chi connectivity index (χ1v) is 8.78. The van der Waals surface area contributed by atoms with Crippen molar-refractivity contribution in [2.45, 2.75) is 19.4 Å². The lowest BCUT2D eigenvalue weighted by Crippen LogP contribution is -2.39. The topological polar surface area (TPSA) is 93.9 Å². The number of carbonyl (C=O) groups is 1. The molecule has 140 valence electrons. The van der Waals surface area contributed by atoms with Gasteiger partial charge in [0.2, 0.25) is 12.7 Å². The molecule has 0 radical (unpaired) electrons. The van der Waals surface area contributed by atoms with E-state index >= 15 is 0 Å². The first-order chi connectivity index (χ1) is 13.1. The summed E-state index contributed by atoms with van der Waals surface area (Å²) < 4.78 is 10.6. The number of amides is 1. The lowest BCUT2D eigenvalue weighted by atomic mass is 10.00. The van der Waals surface area contributed by atoms with Gasteiger partial charge < -0.3 is 19.7 Å². The van der Waals surface area contributed by atoms with Crippen LogP contribution in [0.25, 0.3) is 0 Å². The average Bonchev–Trinajstić information content (AvgIpc) is 3.14. The van der Waals surface area contributed by atoms with Crippen LogP contribution in [0.1, 0.15) is 17.5 Å². The average molecular weight is 369 g/mol. The Kier molecular flexibility index (Phi) is 4.53. The number of nitrogens with zero attached hydrogens (tertiary/aromatic N) is 2. The monoisotopic (exact) mass is 369 g/mol. The molecule has 2 aromatic rings. The van der Waals surface area contributed by atoms with E-state index in [1.807, 2.05) is 29.2 Å². The molecular formula is C19H19N3O5. The maximum atomic E-state index is 12.4. The minimum Gasteiger partial charge on any atom is -0.454 e. The highest BCUT2D eigenvalue weighted by Crippen LogP contribution is 2.34. The number of carbonyl (C=O) groups excluding carboxylic acids is 1. The van der Waals surface area contributed by atoms with Gasteiger partial charge >= 0.3 is 0 Å². The normalized spacial score (nSPS) is 14.6. The van der Waals surface area contributed by atoms with Gasteiger partial charge in [0.1, 0.15) is 0 Å². The molecule has 0 saturated heterocycles. The minimum absolute atomic E-state index is 0.123. The van der Waals surface area contributed by atoms with Crippen molar-refractivity contribution in [1.29, 1.82) is 0 Å². The van der Waals surface area contributed by atoms with E-state index in [4.69, 9.17) is 9.47 Å². The fourth-order valence-electron chi connectivity index (χ4n) is 3.50. The molecule has 0 fully saturated rings. The summed E-state index contributed by atoms with van der Waals surface area (Å²) in [6.07, 6.45) is 1.44. The lowest BCUT2D eigenvalue weighted by Gasteiger charge is -2.30. The molecule has 0 aliphatic carbocycles. The SMILES string of the molecule is O=C(CN1CCCc2c1cccc2[N+](=O)[O-])NCc1ccc2c(c1)OCO2. The van der Waals surface area contributed by atoms with E-state index in [2.05, 4.69) is 5.32 Å². The van der Waals surface area contributed by atoms with Crippen molar-refractivity contribution in [3.63, 3.8) is 0 Å². The zero-order chi connectivity index (χ0) is 18.8. The predicted molar refractivity (Wildman–Crippen MR) is 98.0 cm³/mol. The molecule has 1 N–H and O–H groups in total. The maximum absolute atomic E-state index is 12.4. The van der Waals surface area contributed by atoms with Gasteiger partial charge in [-0.15, -0.1) is 0 Å². The van der Waals surface area contributed by atoms with Crippen LogP contribution in [0, 0.1) is 10.1 Å². The number of hydrogen-bond donors (Lipinski definition) is 1. The standard InChI is InChI=1S/C19H19N3O5/c23-19(20-10-13-6-7-17-18(9-13)27-12-26-17)11-21-8-2-3-14-15(21)4-1-5-16(14)22(24)25/h1,4-7,9H,2-3,8,10-12H2,(H,20,23). The van der Waals surface area contributed by atoms with Gasteiger partial charge in [0, 0.05) is 24.8 Å². The number of hydrogen-bond acceptors (Lipinski definition) is 6. The molecule has 1 amide bonds. The van der Waals surface area contributed by atoms with Crippen LogP contribution in [0.3, 0.4) is 0 Å². The summed E-state index contributed by atoms with van der Waals surface area (Å²) >= 11 is 0. The molecule has 4 rings (SSSR count). The Bertz CT molecular complexity index is 899. The molecule has 0 atom stereocenters. The lowest BCUT2D eigenvalue weighted by molar-refractivity contribution is -0.385. The Morgan fingerprint density at radius 2 is 2.07 bits per heavy atom. The molecule has 8 heteroatoms. The molecule has 2 aliphatic rings. The highest BCUT2D eigenvalue weighted by atomic mass is 16.7. The number of fused-ring (bicyclic) bond motifs is 2. The first kappa shape index (κ1) is 17.1. The van der Waals surface area contributed by atoms with Crippen molar-refractivity contribution < 1.29 is 19.2 Å². The van der Waals surface area contributed by atoms with Crippen LogP contribution in [0.15, 0.2) is 36.4 Å². The van der Waals surface area contributed by atoms with Gasteiger partial charge in [0.15, 0.2) is 11.5 Å². The Balaban J connectivity index is 1.41. The highest BCUT2D eigenvalue weighted by molar-refractivity contribution is 5.82. The Morgan fingerprint density at radius 3 is 2.93 bits per heavy atom. The fraction of sp³-hybridized carbons (Fsp3) is 0.316. The van der Waals surface area contributed by atoms with Crippen LogP contribution >= 0.6 is 0 Å². The van der Waals surface area contributed by atoms with Crippen molar-refractivity contribution in [2.24, 2.45) is 0 Å². The Labute approximate surface area is 155 Å². The van der Waals surface area contributed by atoms with Gasteiger partial charge in [-0.3, -0.25) is 14.9 Å². The second kappa shape index (κ2) is 7.14. The van der Waals surface area contributed by atoms with E-state index in [1.165, 1.54) is 6.07 Å². The van der Waals surface area contributed by atoms with E-state index in [0.717, 1.165) is 17.7 Å². The molecule has 0 bridgehead atoms. The molecule has 8 nitrogen and oxygen atoms in total. The number of rotatable bonds is 5. The summed E-state index contributed by atoms with van der Waals surface area (Å²) in [5.74, 6) is 1.25. The number of benzene rings is 2. The van der Waals surface area contributed by atoms with Gasteiger partial charge in [-0.25, -0.2) is 0 Å². The molecule has 0 saturated carbocycles. The molecule has 0 spiro atoms. The van der Waals surface area contributed by atoms with Gasteiger partial charge in [-0.1, -0.05) is 12.1 Å². The summed E-state index contributed by atoms with van der Waals surface area (Å²) in [6, 6.07) is 10.6. The first-order valence-electron chi connectivity index (χ1n) is 8.78. The van der Waals surface area contributed by atoms with E-state index in [9.17, 15) is 14.9 Å². The van der Waals surface area contributed by atoms with Crippen LogP contribution < -0.4 is 19.7 Å². The van der Waals surface area contributed by atoms with Gasteiger partial charge in [0.25, 0.3) is 5.69 Å². The third-order valence-electron chi connectivity index (χ3n) is 4.78. The molecular weight excluding hydrogens is 350 g/mol. The van der Waals surface area contributed by atoms with Crippen molar-refractivity contribution in [2.75, 3.05) is 24.8 Å². The number of nitro groups is 1. The fourth-order valence-corrected chi connectivity index (χ4v) is 3.50. The van der Waals surface area contributed by atoms with Crippen molar-refractivity contribution >= 4 is 17.3 Å². The van der Waals surface area contributed by atoms with Crippen LogP contribution in [0.5, 0.6) is 11.5 Å². The second-order valence-electron chi connectivity index (χ2n) is 6.52. The van der Waals surface area contributed by atoms with E-state index in [-0.39, 0.29) is 29.9 Å². The Morgan fingerprint density at radius 1 is 1.22 bits per heavy atom. The van der Waals surface area contributed by atoms with Gasteiger partial charge in [-0.05, 0) is 36.6 Å². The zero-order valence-corrected chi connectivity index (χ0v) is 14.6. The van der Waals surface area contributed by atoms with Gasteiger partial charge in [0.05, 0.1) is 17.0 Å². The van der Waals surface area contributed by atoms with Crippen LogP contribution in [-0.4, -0.2) is 30.7 Å². The molecule has 2 heterocycles. The van der Waals surface area contributed by atoms with Crippen LogP contribution in [-0.2, 0) is 17.8 Å². The number of nitrogens with one attached hydrogen (secondary N) is 1. The summed E-state index contributed by atoms with van der Waals surface area (Å²) in [5, 5.41) is 14.1. The number of nitro benzene ring substituents is 1. The molecule has 27 heavy (non-hydrogen) atoms. The number of ether oxygens (including phenoxy) is 2. The van der Waals surface area contributed by atoms with Gasteiger partial charge in [-0.2, -0.15) is 0 Å². The number of anilines is 1. The second-order valence-corrected chi connectivity index (χ2v) is 6.52. The molecule has 0 aromatic heterocycles. The molecule has 0 unspecified atom stereocenters. The molecule has 2 aliphatic heterocycles. The summed E-state index contributed by atoms with van der Waals surface area (Å²) in [7, 11) is 0. The smallest absolute Gasteiger partial charge is 0.274 e. The third kappa shape index (κ3) is 3.51.